The average Bonchev–Trinajstić information content (AvgIpc) is 2.45. The normalized spacial score (nSPS) is 11.0. The van der Waals surface area contributed by atoms with Gasteiger partial charge in [-0.25, -0.2) is 18.3 Å². The number of hydrazine groups is 1. The summed E-state index contributed by atoms with van der Waals surface area (Å²) in [7, 11) is -3.98. The molecule has 0 aliphatic rings. The summed E-state index contributed by atoms with van der Waals surface area (Å²) in [6.45, 7) is 0. The first-order valence-electron chi connectivity index (χ1n) is 5.32. The monoisotopic (exact) mass is 312 g/mol. The maximum absolute atomic E-state index is 11.9. The molecule has 0 atom stereocenters. The lowest BCUT2D eigenvalue weighted by molar-refractivity contribution is -0.384. The van der Waals surface area contributed by atoms with E-state index in [0.29, 0.717) is 0 Å². The zero-order valence-electron chi connectivity index (χ0n) is 10.2. The van der Waals surface area contributed by atoms with Crippen molar-refractivity contribution in [1.82, 2.24) is 20.0 Å². The molecule has 110 valence electrons. The molecular formula is C9H8N6O5S. The average molecular weight is 312 g/mol. The molecule has 1 heterocycles. The Bertz CT molecular complexity index is 815. The number of nitro benzene ring substituents is 1. The van der Waals surface area contributed by atoms with Gasteiger partial charge in [0.1, 0.15) is 0 Å². The molecule has 0 aliphatic heterocycles. The van der Waals surface area contributed by atoms with Crippen LogP contribution in [-0.2, 0) is 10.0 Å². The molecule has 2 rings (SSSR count). The van der Waals surface area contributed by atoms with Gasteiger partial charge >= 0.3 is 5.69 Å². The quantitative estimate of drug-likeness (QED) is 0.486. The van der Waals surface area contributed by atoms with E-state index in [0.717, 1.165) is 30.5 Å². The Labute approximate surface area is 117 Å². The Balaban J connectivity index is 2.14. The van der Waals surface area contributed by atoms with E-state index in [2.05, 4.69) is 15.5 Å². The van der Waals surface area contributed by atoms with Gasteiger partial charge in [-0.3, -0.25) is 15.5 Å². The smallest absolute Gasteiger partial charge is 0.290 e. The van der Waals surface area contributed by atoms with E-state index in [-0.39, 0.29) is 16.4 Å². The summed E-state index contributed by atoms with van der Waals surface area (Å²) in [6, 6.07) is 4.26. The minimum absolute atomic E-state index is 0.107. The zero-order valence-corrected chi connectivity index (χ0v) is 11.0. The first-order valence-corrected chi connectivity index (χ1v) is 6.81. The molecule has 1 aromatic carbocycles. The van der Waals surface area contributed by atoms with Gasteiger partial charge in [0.05, 0.1) is 16.0 Å². The van der Waals surface area contributed by atoms with E-state index in [1.807, 2.05) is 9.93 Å². The molecule has 0 fully saturated rings. The van der Waals surface area contributed by atoms with Crippen LogP contribution in [0.15, 0.2) is 40.2 Å². The molecule has 21 heavy (non-hydrogen) atoms. The van der Waals surface area contributed by atoms with Crippen LogP contribution in [0.1, 0.15) is 0 Å². The van der Waals surface area contributed by atoms with Crippen molar-refractivity contribution in [3.05, 3.63) is 51.1 Å². The largest absolute Gasteiger partial charge is 0.363 e. The second kappa shape index (κ2) is 5.64. The summed E-state index contributed by atoms with van der Waals surface area (Å²) in [6.07, 6.45) is 1.10. The van der Waals surface area contributed by atoms with Crippen molar-refractivity contribution in [3.8, 4) is 0 Å². The van der Waals surface area contributed by atoms with Gasteiger partial charge in [-0.15, -0.1) is 4.83 Å². The third-order valence-electron chi connectivity index (χ3n) is 2.24. The van der Waals surface area contributed by atoms with Gasteiger partial charge in [-0.2, -0.15) is 10.1 Å². The fourth-order valence-corrected chi connectivity index (χ4v) is 2.15. The third-order valence-corrected chi connectivity index (χ3v) is 3.50. The molecule has 0 saturated heterocycles. The highest BCUT2D eigenvalue weighted by Crippen LogP contribution is 2.15. The fourth-order valence-electron chi connectivity index (χ4n) is 1.30. The van der Waals surface area contributed by atoms with Crippen molar-refractivity contribution in [2.45, 2.75) is 4.90 Å². The Morgan fingerprint density at radius 3 is 2.48 bits per heavy atom. The Hall–Kier alpha value is -2.86. The van der Waals surface area contributed by atoms with Crippen molar-refractivity contribution >= 4 is 21.5 Å². The van der Waals surface area contributed by atoms with Crippen LogP contribution in [0.3, 0.4) is 0 Å². The number of aromatic amines is 1. The maximum Gasteiger partial charge on any atom is 0.363 e. The summed E-state index contributed by atoms with van der Waals surface area (Å²) >= 11 is 0. The minimum Gasteiger partial charge on any atom is -0.290 e. The van der Waals surface area contributed by atoms with Gasteiger partial charge < -0.3 is 0 Å². The van der Waals surface area contributed by atoms with Crippen LogP contribution in [0.25, 0.3) is 0 Å². The second-order valence-electron chi connectivity index (χ2n) is 3.65. The lowest BCUT2D eigenvalue weighted by atomic mass is 10.3. The van der Waals surface area contributed by atoms with Crippen molar-refractivity contribution in [3.63, 3.8) is 0 Å². The molecule has 0 amide bonds. The molecule has 0 saturated carbocycles. The summed E-state index contributed by atoms with van der Waals surface area (Å²) in [5.41, 5.74) is 1.21. The standard InChI is InChI=1S/C9H8N6O5S/c16-9-11-8(5-10-13-9)12-14-21(19,20)7-3-1-6(2-4-7)15(17)18/h1-5,14H,(H2,11,12,13,16). The maximum atomic E-state index is 11.9. The summed E-state index contributed by atoms with van der Waals surface area (Å²) < 4.78 is 23.8. The van der Waals surface area contributed by atoms with Gasteiger partial charge in [0.15, 0.2) is 5.82 Å². The van der Waals surface area contributed by atoms with Gasteiger partial charge in [-0.1, -0.05) is 0 Å². The zero-order chi connectivity index (χ0) is 15.5. The number of benzene rings is 1. The number of non-ortho nitro benzene ring substituents is 1. The van der Waals surface area contributed by atoms with E-state index >= 15 is 0 Å². The highest BCUT2D eigenvalue weighted by Gasteiger charge is 2.15. The van der Waals surface area contributed by atoms with E-state index in [1.54, 1.807) is 0 Å². The summed E-state index contributed by atoms with van der Waals surface area (Å²) in [5.74, 6) is -0.107. The van der Waals surface area contributed by atoms with Gasteiger partial charge in [0, 0.05) is 12.1 Å². The number of nitro groups is 1. The molecule has 0 aliphatic carbocycles. The van der Waals surface area contributed by atoms with Crippen molar-refractivity contribution < 1.29 is 13.3 Å². The number of sulfonamides is 1. The molecule has 0 unspecified atom stereocenters. The molecule has 12 heteroatoms. The summed E-state index contributed by atoms with van der Waals surface area (Å²) in [5, 5.41) is 15.9. The number of hydrogen-bond donors (Lipinski definition) is 3. The van der Waals surface area contributed by atoms with E-state index in [9.17, 15) is 23.3 Å². The van der Waals surface area contributed by atoms with Crippen LogP contribution in [0.5, 0.6) is 0 Å². The topological polar surface area (TPSA) is 160 Å². The minimum atomic E-state index is -3.98. The lowest BCUT2D eigenvalue weighted by Crippen LogP contribution is -2.31. The Morgan fingerprint density at radius 2 is 1.90 bits per heavy atom. The van der Waals surface area contributed by atoms with Gasteiger partial charge in [0.25, 0.3) is 15.7 Å². The fraction of sp³-hybridized carbons (Fsp3) is 0. The number of aromatic nitrogens is 3. The number of anilines is 1. The van der Waals surface area contributed by atoms with Crippen LogP contribution in [0, 0.1) is 10.1 Å². The van der Waals surface area contributed by atoms with Crippen molar-refractivity contribution in [2.75, 3.05) is 5.43 Å². The Morgan fingerprint density at radius 1 is 1.24 bits per heavy atom. The molecule has 11 nitrogen and oxygen atoms in total. The number of H-pyrrole nitrogens is 1. The highest BCUT2D eigenvalue weighted by atomic mass is 32.2. The van der Waals surface area contributed by atoms with Crippen LogP contribution in [0.4, 0.5) is 11.5 Å². The predicted molar refractivity (Wildman–Crippen MR) is 69.7 cm³/mol. The third kappa shape index (κ3) is 3.58. The molecular weight excluding hydrogens is 304 g/mol. The van der Waals surface area contributed by atoms with E-state index in [4.69, 9.17) is 0 Å². The first kappa shape index (κ1) is 14.5. The van der Waals surface area contributed by atoms with Crippen LogP contribution in [-0.4, -0.2) is 28.5 Å². The molecule has 0 bridgehead atoms. The van der Waals surface area contributed by atoms with Crippen LogP contribution < -0.4 is 15.9 Å². The summed E-state index contributed by atoms with van der Waals surface area (Å²) in [4.78, 5) is 25.9. The second-order valence-corrected chi connectivity index (χ2v) is 5.34. The van der Waals surface area contributed by atoms with Crippen molar-refractivity contribution in [1.29, 1.82) is 0 Å². The number of nitrogens with one attached hydrogen (secondary N) is 3. The molecule has 2 aromatic rings. The number of hydrogen-bond acceptors (Lipinski definition) is 8. The predicted octanol–water partition coefficient (Wildman–Crippen LogP) is -0.622. The van der Waals surface area contributed by atoms with Gasteiger partial charge in [-0.05, 0) is 12.1 Å². The SMILES string of the molecule is O=c1nc(NNS(=O)(=O)c2ccc([N+](=O)[O-])cc2)cn[nH]1. The molecule has 0 radical (unpaired) electrons. The van der Waals surface area contributed by atoms with Gasteiger partial charge in [0.2, 0.25) is 0 Å². The highest BCUT2D eigenvalue weighted by molar-refractivity contribution is 7.89. The van der Waals surface area contributed by atoms with E-state index in [1.165, 1.54) is 0 Å². The molecule has 3 N–H and O–H groups in total. The lowest BCUT2D eigenvalue weighted by Gasteiger charge is -2.07. The Kier molecular flexibility index (Phi) is 3.91. The first-order chi connectivity index (χ1) is 9.88. The number of rotatable bonds is 5. The van der Waals surface area contributed by atoms with Crippen LogP contribution >= 0.6 is 0 Å². The van der Waals surface area contributed by atoms with E-state index < -0.39 is 20.6 Å². The van der Waals surface area contributed by atoms with Crippen LogP contribution in [0.2, 0.25) is 0 Å². The molecule has 1 aromatic heterocycles. The van der Waals surface area contributed by atoms with Crippen molar-refractivity contribution in [2.24, 2.45) is 0 Å². The molecule has 0 spiro atoms. The number of nitrogens with zero attached hydrogens (tertiary/aromatic N) is 3.